The molecule has 0 aliphatic carbocycles. The Morgan fingerprint density at radius 1 is 1.30 bits per heavy atom. The number of aromatic amines is 2. The van der Waals surface area contributed by atoms with Crippen LogP contribution in [-0.2, 0) is 20.8 Å². The van der Waals surface area contributed by atoms with E-state index >= 15 is 0 Å². The largest absolute Gasteiger partial charge is 0.463 e. The Bertz CT molecular complexity index is 893. The SMILES string of the molecule is C/C=C\c1[nH]c(C(=P)OC(COC)COCc2cc3occc3[nH]2)cc1C. The first kappa shape index (κ1) is 19.6. The molecule has 6 nitrogen and oxygen atoms in total. The highest BCUT2D eigenvalue weighted by Gasteiger charge is 2.15. The molecule has 2 N–H and O–H groups in total. The number of fused-ring (bicyclic) bond motifs is 1. The molecule has 0 saturated heterocycles. The number of aromatic nitrogens is 2. The van der Waals surface area contributed by atoms with Crippen LogP contribution >= 0.6 is 8.86 Å². The van der Waals surface area contributed by atoms with Gasteiger partial charge in [0.25, 0.3) is 0 Å². The van der Waals surface area contributed by atoms with Gasteiger partial charge in [-0.2, -0.15) is 0 Å². The Balaban J connectivity index is 1.55. The summed E-state index contributed by atoms with van der Waals surface area (Å²) in [5.41, 5.74) is 6.46. The molecule has 3 heterocycles. The Hall–Kier alpha value is -2.11. The summed E-state index contributed by atoms with van der Waals surface area (Å²) >= 11 is 0. The molecule has 3 aromatic rings. The number of methoxy groups -OCH3 is 1. The third-order valence-electron chi connectivity index (χ3n) is 4.13. The van der Waals surface area contributed by atoms with E-state index in [-0.39, 0.29) is 6.10 Å². The fourth-order valence-corrected chi connectivity index (χ4v) is 3.15. The van der Waals surface area contributed by atoms with Crippen molar-refractivity contribution in [2.24, 2.45) is 0 Å². The first-order chi connectivity index (χ1) is 13.1. The van der Waals surface area contributed by atoms with Gasteiger partial charge in [0.05, 0.1) is 37.3 Å². The standard InChI is InChI=1S/C20H25N2O4P/c1-4-5-16-13(2)8-18(22-16)20(27)26-15(11-23-3)12-24-10-14-9-19-17(21-14)6-7-25-19/h4-9,15,21-22,27H,10-12H2,1-3H3/b5-4-. The molecule has 7 heteroatoms. The van der Waals surface area contributed by atoms with Crippen LogP contribution < -0.4 is 0 Å². The third-order valence-corrected chi connectivity index (χ3v) is 4.51. The summed E-state index contributed by atoms with van der Waals surface area (Å²) in [6.07, 6.45) is 5.44. The summed E-state index contributed by atoms with van der Waals surface area (Å²) in [5, 5.41) is 0. The van der Waals surface area contributed by atoms with E-state index in [2.05, 4.69) is 25.8 Å². The van der Waals surface area contributed by atoms with Crippen LogP contribution in [0.3, 0.4) is 0 Å². The molecule has 0 aliphatic rings. The van der Waals surface area contributed by atoms with Crippen LogP contribution in [0.15, 0.2) is 35.0 Å². The molecule has 0 fully saturated rings. The lowest BCUT2D eigenvalue weighted by Crippen LogP contribution is -2.27. The predicted molar refractivity (Wildman–Crippen MR) is 110 cm³/mol. The van der Waals surface area contributed by atoms with Gasteiger partial charge in [-0.1, -0.05) is 14.9 Å². The fourth-order valence-electron chi connectivity index (χ4n) is 2.85. The van der Waals surface area contributed by atoms with Crippen LogP contribution in [0.1, 0.15) is 29.6 Å². The number of furan rings is 1. The molecule has 3 rings (SSSR count). The van der Waals surface area contributed by atoms with E-state index < -0.39 is 0 Å². The Morgan fingerprint density at radius 2 is 2.15 bits per heavy atom. The summed E-state index contributed by atoms with van der Waals surface area (Å²) < 4.78 is 22.4. The smallest absolute Gasteiger partial charge is 0.151 e. The van der Waals surface area contributed by atoms with Crippen molar-refractivity contribution in [2.75, 3.05) is 20.3 Å². The first-order valence-electron chi connectivity index (χ1n) is 8.80. The zero-order valence-electron chi connectivity index (χ0n) is 15.8. The normalized spacial score (nSPS) is 13.0. The van der Waals surface area contributed by atoms with Crippen LogP contribution in [0.25, 0.3) is 17.2 Å². The van der Waals surface area contributed by atoms with Gasteiger partial charge in [-0.3, -0.25) is 0 Å². The van der Waals surface area contributed by atoms with Crippen molar-refractivity contribution in [3.8, 4) is 0 Å². The van der Waals surface area contributed by atoms with Gasteiger partial charge in [0.1, 0.15) is 11.6 Å². The van der Waals surface area contributed by atoms with E-state index in [1.54, 1.807) is 13.4 Å². The maximum Gasteiger partial charge on any atom is 0.151 e. The second-order valence-electron chi connectivity index (χ2n) is 6.31. The van der Waals surface area contributed by atoms with Crippen LogP contribution in [0, 0.1) is 6.92 Å². The molecule has 3 aromatic heterocycles. The summed E-state index contributed by atoms with van der Waals surface area (Å²) in [6.45, 7) is 5.29. The molecular weight excluding hydrogens is 363 g/mol. The minimum Gasteiger partial charge on any atom is -0.463 e. The maximum atomic E-state index is 6.00. The highest BCUT2D eigenvalue weighted by molar-refractivity contribution is 7.21. The molecular formula is C20H25N2O4P. The van der Waals surface area contributed by atoms with E-state index in [9.17, 15) is 0 Å². The molecule has 0 amide bonds. The Kier molecular flexibility index (Phi) is 6.69. The molecule has 0 saturated carbocycles. The van der Waals surface area contributed by atoms with Gasteiger partial charge in [0, 0.05) is 30.6 Å². The van der Waals surface area contributed by atoms with E-state index in [4.69, 9.17) is 18.6 Å². The zero-order valence-corrected chi connectivity index (χ0v) is 16.8. The van der Waals surface area contributed by atoms with Crippen molar-refractivity contribution in [2.45, 2.75) is 26.6 Å². The molecule has 0 aromatic carbocycles. The maximum absolute atomic E-state index is 6.00. The van der Waals surface area contributed by atoms with Crippen LogP contribution in [0.2, 0.25) is 0 Å². The average Bonchev–Trinajstić information content (AvgIpc) is 3.31. The van der Waals surface area contributed by atoms with Gasteiger partial charge < -0.3 is 28.6 Å². The lowest BCUT2D eigenvalue weighted by Gasteiger charge is -2.17. The quantitative estimate of drug-likeness (QED) is 0.508. The minimum atomic E-state index is -0.241. The molecule has 1 unspecified atom stereocenters. The second kappa shape index (κ2) is 9.20. The molecule has 0 aliphatic heterocycles. The number of ether oxygens (including phenoxy) is 3. The lowest BCUT2D eigenvalue weighted by atomic mass is 10.2. The third kappa shape index (κ3) is 4.99. The molecule has 0 radical (unpaired) electrons. The van der Waals surface area contributed by atoms with Gasteiger partial charge in [-0.15, -0.1) is 0 Å². The summed E-state index contributed by atoms with van der Waals surface area (Å²) in [7, 11) is 5.22. The van der Waals surface area contributed by atoms with Crippen molar-refractivity contribution in [3.63, 3.8) is 0 Å². The summed E-state index contributed by atoms with van der Waals surface area (Å²) in [6, 6.07) is 5.87. The number of hydrogen-bond donors (Lipinski definition) is 2. The zero-order chi connectivity index (χ0) is 19.2. The first-order valence-corrected chi connectivity index (χ1v) is 9.30. The average molecular weight is 388 g/mol. The van der Waals surface area contributed by atoms with Crippen molar-refractivity contribution >= 4 is 31.5 Å². The van der Waals surface area contributed by atoms with E-state index in [0.29, 0.717) is 25.3 Å². The topological polar surface area (TPSA) is 72.4 Å². The van der Waals surface area contributed by atoms with Gasteiger partial charge in [-0.25, -0.2) is 0 Å². The van der Waals surface area contributed by atoms with E-state index in [1.807, 2.05) is 37.3 Å². The second-order valence-corrected chi connectivity index (χ2v) is 6.77. The highest BCUT2D eigenvalue weighted by atomic mass is 31.0. The predicted octanol–water partition coefficient (Wildman–Crippen LogP) is 4.30. The van der Waals surface area contributed by atoms with Crippen molar-refractivity contribution in [3.05, 3.63) is 53.2 Å². The monoisotopic (exact) mass is 388 g/mol. The van der Waals surface area contributed by atoms with Crippen LogP contribution in [0.4, 0.5) is 0 Å². The Morgan fingerprint density at radius 3 is 2.89 bits per heavy atom. The molecule has 1 atom stereocenters. The van der Waals surface area contributed by atoms with Gasteiger partial charge in [0.2, 0.25) is 0 Å². The van der Waals surface area contributed by atoms with Gasteiger partial charge in [-0.05, 0) is 31.6 Å². The van der Waals surface area contributed by atoms with Crippen LogP contribution in [-0.4, -0.2) is 41.9 Å². The van der Waals surface area contributed by atoms with Crippen molar-refractivity contribution in [1.82, 2.24) is 9.97 Å². The van der Waals surface area contributed by atoms with Gasteiger partial charge >= 0.3 is 0 Å². The lowest BCUT2D eigenvalue weighted by molar-refractivity contribution is -0.00327. The van der Waals surface area contributed by atoms with Gasteiger partial charge in [0.15, 0.2) is 5.58 Å². The minimum absolute atomic E-state index is 0.241. The molecule has 27 heavy (non-hydrogen) atoms. The van der Waals surface area contributed by atoms with E-state index in [0.717, 1.165) is 33.7 Å². The number of hydrogen-bond acceptors (Lipinski definition) is 4. The summed E-state index contributed by atoms with van der Waals surface area (Å²) in [5.74, 6) is 0. The van der Waals surface area contributed by atoms with Crippen molar-refractivity contribution < 1.29 is 18.6 Å². The highest BCUT2D eigenvalue weighted by Crippen LogP contribution is 2.17. The molecule has 0 bridgehead atoms. The number of H-pyrrole nitrogens is 2. The number of aryl methyl sites for hydroxylation is 1. The number of allylic oxidation sites excluding steroid dienone is 1. The molecule has 0 spiro atoms. The summed E-state index contributed by atoms with van der Waals surface area (Å²) in [4.78, 5) is 6.58. The molecule has 144 valence electrons. The Labute approximate surface area is 160 Å². The fraction of sp³-hybridized carbons (Fsp3) is 0.350. The van der Waals surface area contributed by atoms with Crippen LogP contribution in [0.5, 0.6) is 0 Å². The number of rotatable bonds is 10. The van der Waals surface area contributed by atoms with E-state index in [1.165, 1.54) is 0 Å². The number of nitrogens with one attached hydrogen (secondary N) is 2. The van der Waals surface area contributed by atoms with Crippen molar-refractivity contribution in [1.29, 1.82) is 0 Å².